The molecule has 8 nitrogen and oxygen atoms in total. The molecule has 0 atom stereocenters. The van der Waals surface area contributed by atoms with Gasteiger partial charge in [0, 0.05) is 5.69 Å². The zero-order valence-corrected chi connectivity index (χ0v) is 11.8. The predicted octanol–water partition coefficient (Wildman–Crippen LogP) is 2.54. The minimum Gasteiger partial charge on any atom is -0.465 e. The van der Waals surface area contributed by atoms with E-state index in [0.29, 0.717) is 16.8 Å². The lowest BCUT2D eigenvalue weighted by Gasteiger charge is -2.08. The number of aryl methyl sites for hydroxylation is 1. The molecule has 2 aromatic rings. The lowest BCUT2D eigenvalue weighted by molar-refractivity contribution is -0.402. The zero-order valence-electron chi connectivity index (χ0n) is 11.8. The number of nitrogens with zero attached hydrogens (tertiary/aromatic N) is 1. The third-order valence-corrected chi connectivity index (χ3v) is 2.89. The molecule has 0 unspecified atom stereocenters. The number of ether oxygens (including phenoxy) is 1. The molecule has 2 rings (SSSR count). The molecule has 1 N–H and O–H groups in total. The van der Waals surface area contributed by atoms with E-state index in [-0.39, 0.29) is 5.76 Å². The molecule has 114 valence electrons. The van der Waals surface area contributed by atoms with Gasteiger partial charge in [0.2, 0.25) is 0 Å². The van der Waals surface area contributed by atoms with E-state index in [9.17, 15) is 19.7 Å². The Bertz CT molecular complexity index is 750. The van der Waals surface area contributed by atoms with Gasteiger partial charge in [-0.3, -0.25) is 14.9 Å². The smallest absolute Gasteiger partial charge is 0.433 e. The second-order valence-corrected chi connectivity index (χ2v) is 4.37. The maximum atomic E-state index is 12.0. The van der Waals surface area contributed by atoms with Crippen molar-refractivity contribution in [2.75, 3.05) is 12.4 Å². The Morgan fingerprint density at radius 1 is 1.27 bits per heavy atom. The first kappa shape index (κ1) is 15.2. The van der Waals surface area contributed by atoms with E-state index in [4.69, 9.17) is 4.42 Å². The van der Waals surface area contributed by atoms with Gasteiger partial charge in [0.05, 0.1) is 18.7 Å². The van der Waals surface area contributed by atoms with Crippen LogP contribution in [0.3, 0.4) is 0 Å². The van der Waals surface area contributed by atoms with Gasteiger partial charge in [-0.2, -0.15) is 0 Å². The Morgan fingerprint density at radius 3 is 2.55 bits per heavy atom. The molecule has 0 fully saturated rings. The van der Waals surface area contributed by atoms with Crippen LogP contribution in [0.2, 0.25) is 0 Å². The van der Waals surface area contributed by atoms with Gasteiger partial charge in [0.15, 0.2) is 5.76 Å². The summed E-state index contributed by atoms with van der Waals surface area (Å²) in [5, 5.41) is 13.1. The second-order valence-electron chi connectivity index (χ2n) is 4.37. The highest BCUT2D eigenvalue weighted by Gasteiger charge is 2.18. The standard InChI is InChI=1S/C14H12N2O6/c1-8-7-9(14(18)21-2)3-4-10(8)15-13(17)11-5-6-12(22-11)16(19)20/h3-7H,1-2H3,(H,15,17). The summed E-state index contributed by atoms with van der Waals surface area (Å²) >= 11 is 0. The molecule has 0 bridgehead atoms. The van der Waals surface area contributed by atoms with Crippen molar-refractivity contribution in [1.29, 1.82) is 0 Å². The van der Waals surface area contributed by atoms with Crippen molar-refractivity contribution in [3.8, 4) is 0 Å². The quantitative estimate of drug-likeness (QED) is 0.527. The molecular weight excluding hydrogens is 292 g/mol. The molecule has 1 aromatic heterocycles. The number of anilines is 1. The van der Waals surface area contributed by atoms with Gasteiger partial charge < -0.3 is 14.5 Å². The molecule has 0 aliphatic carbocycles. The Labute approximate surface area is 124 Å². The van der Waals surface area contributed by atoms with Crippen LogP contribution in [0.4, 0.5) is 11.6 Å². The average molecular weight is 304 g/mol. The van der Waals surface area contributed by atoms with Crippen LogP contribution >= 0.6 is 0 Å². The first-order valence-electron chi connectivity index (χ1n) is 6.17. The van der Waals surface area contributed by atoms with Crippen molar-refractivity contribution in [2.45, 2.75) is 6.92 Å². The van der Waals surface area contributed by atoms with E-state index in [1.165, 1.54) is 25.3 Å². The molecule has 0 spiro atoms. The average Bonchev–Trinajstić information content (AvgIpc) is 2.98. The molecule has 1 heterocycles. The van der Waals surface area contributed by atoms with Crippen LogP contribution in [0.25, 0.3) is 0 Å². The lowest BCUT2D eigenvalue weighted by atomic mass is 10.1. The third-order valence-electron chi connectivity index (χ3n) is 2.89. The summed E-state index contributed by atoms with van der Waals surface area (Å²) in [7, 11) is 1.27. The number of nitrogens with one attached hydrogen (secondary N) is 1. The Kier molecular flexibility index (Phi) is 4.21. The molecule has 1 amide bonds. The minimum absolute atomic E-state index is 0.178. The normalized spacial score (nSPS) is 10.1. The highest BCUT2D eigenvalue weighted by Crippen LogP contribution is 2.20. The van der Waals surface area contributed by atoms with Gasteiger partial charge in [-0.1, -0.05) is 0 Å². The number of furan rings is 1. The van der Waals surface area contributed by atoms with Crippen LogP contribution in [0.15, 0.2) is 34.7 Å². The Balaban J connectivity index is 2.17. The van der Waals surface area contributed by atoms with Crippen LogP contribution in [-0.2, 0) is 4.74 Å². The van der Waals surface area contributed by atoms with E-state index in [1.807, 2.05) is 0 Å². The fraction of sp³-hybridized carbons (Fsp3) is 0.143. The summed E-state index contributed by atoms with van der Waals surface area (Å²) in [4.78, 5) is 33.1. The van der Waals surface area contributed by atoms with E-state index in [0.717, 1.165) is 6.07 Å². The molecule has 0 aliphatic rings. The number of esters is 1. The summed E-state index contributed by atoms with van der Waals surface area (Å²) in [5.74, 6) is -1.80. The van der Waals surface area contributed by atoms with Crippen LogP contribution in [-0.4, -0.2) is 23.9 Å². The summed E-state index contributed by atoms with van der Waals surface area (Å²) in [6.45, 7) is 1.70. The van der Waals surface area contributed by atoms with E-state index in [1.54, 1.807) is 13.0 Å². The van der Waals surface area contributed by atoms with Gasteiger partial charge in [0.1, 0.15) is 4.92 Å². The second kappa shape index (κ2) is 6.08. The first-order valence-corrected chi connectivity index (χ1v) is 6.17. The SMILES string of the molecule is COC(=O)c1ccc(NC(=O)c2ccc([N+](=O)[O-])o2)c(C)c1. The number of hydrogen-bond donors (Lipinski definition) is 1. The lowest BCUT2D eigenvalue weighted by Crippen LogP contribution is -2.12. The van der Waals surface area contributed by atoms with E-state index < -0.39 is 22.7 Å². The maximum absolute atomic E-state index is 12.0. The molecule has 22 heavy (non-hydrogen) atoms. The van der Waals surface area contributed by atoms with Crippen molar-refractivity contribution < 1.29 is 23.7 Å². The highest BCUT2D eigenvalue weighted by atomic mass is 16.6. The number of rotatable bonds is 4. The van der Waals surface area contributed by atoms with Crippen LogP contribution in [0.5, 0.6) is 0 Å². The monoisotopic (exact) mass is 304 g/mol. The number of carbonyl (C=O) groups excluding carboxylic acids is 2. The Morgan fingerprint density at radius 2 is 2.00 bits per heavy atom. The fourth-order valence-electron chi connectivity index (χ4n) is 1.78. The number of benzene rings is 1. The predicted molar refractivity (Wildman–Crippen MR) is 75.8 cm³/mol. The van der Waals surface area contributed by atoms with Gasteiger partial charge in [-0.15, -0.1) is 0 Å². The van der Waals surface area contributed by atoms with Crippen molar-refractivity contribution in [3.63, 3.8) is 0 Å². The van der Waals surface area contributed by atoms with E-state index >= 15 is 0 Å². The molecule has 8 heteroatoms. The van der Waals surface area contributed by atoms with Crippen LogP contribution in [0.1, 0.15) is 26.5 Å². The summed E-state index contributed by atoms with van der Waals surface area (Å²) < 4.78 is 9.41. The zero-order chi connectivity index (χ0) is 16.3. The minimum atomic E-state index is -0.729. The molecule has 0 aliphatic heterocycles. The summed E-state index contributed by atoms with van der Waals surface area (Å²) in [6.07, 6.45) is 0. The number of amides is 1. The number of methoxy groups -OCH3 is 1. The third kappa shape index (κ3) is 3.11. The largest absolute Gasteiger partial charge is 0.465 e. The molecule has 0 saturated heterocycles. The topological polar surface area (TPSA) is 112 Å². The van der Waals surface area contributed by atoms with Crippen LogP contribution < -0.4 is 5.32 Å². The van der Waals surface area contributed by atoms with Gasteiger partial charge >= 0.3 is 11.9 Å². The van der Waals surface area contributed by atoms with Crippen molar-refractivity contribution in [3.05, 3.63) is 57.3 Å². The van der Waals surface area contributed by atoms with Gasteiger partial charge in [-0.05, 0) is 36.8 Å². The van der Waals surface area contributed by atoms with Crippen molar-refractivity contribution >= 4 is 23.4 Å². The van der Waals surface area contributed by atoms with Crippen LogP contribution in [0, 0.1) is 17.0 Å². The summed E-state index contributed by atoms with van der Waals surface area (Å²) in [5.41, 5.74) is 1.45. The molecular formula is C14H12N2O6. The van der Waals surface area contributed by atoms with Gasteiger partial charge in [-0.25, -0.2) is 4.79 Å². The first-order chi connectivity index (χ1) is 10.4. The van der Waals surface area contributed by atoms with Crippen molar-refractivity contribution in [2.24, 2.45) is 0 Å². The van der Waals surface area contributed by atoms with E-state index in [2.05, 4.69) is 10.1 Å². The van der Waals surface area contributed by atoms with Gasteiger partial charge in [0.25, 0.3) is 5.91 Å². The Hall–Kier alpha value is -3.16. The summed E-state index contributed by atoms with van der Waals surface area (Å²) in [6, 6.07) is 6.91. The highest BCUT2D eigenvalue weighted by molar-refractivity contribution is 6.03. The molecule has 0 radical (unpaired) electrons. The molecule has 0 saturated carbocycles. The van der Waals surface area contributed by atoms with Crippen molar-refractivity contribution in [1.82, 2.24) is 0 Å². The molecule has 1 aromatic carbocycles. The number of hydrogen-bond acceptors (Lipinski definition) is 6. The number of carbonyl (C=O) groups is 2. The number of nitro groups is 1. The fourth-order valence-corrected chi connectivity index (χ4v) is 1.78. The maximum Gasteiger partial charge on any atom is 0.433 e.